The number of hydrogen-bond donors (Lipinski definition) is 0. The highest BCUT2D eigenvalue weighted by Crippen LogP contribution is 2.36. The zero-order valence-corrected chi connectivity index (χ0v) is 23.7. The molecular weight excluding hydrogens is 518 g/mol. The number of fused-ring (bicyclic) bond motifs is 3. The molecular formula is C42H29N. The van der Waals surface area contributed by atoms with E-state index in [1.807, 2.05) is 0 Å². The molecule has 1 heterocycles. The van der Waals surface area contributed by atoms with E-state index < -0.39 is 0 Å². The molecule has 43 heavy (non-hydrogen) atoms. The summed E-state index contributed by atoms with van der Waals surface area (Å²) in [5.74, 6) is 0. The third-order valence-corrected chi connectivity index (χ3v) is 8.40. The molecule has 0 aliphatic heterocycles. The van der Waals surface area contributed by atoms with Crippen LogP contribution in [0.2, 0.25) is 0 Å². The minimum atomic E-state index is 1.16. The van der Waals surface area contributed by atoms with Gasteiger partial charge in [-0.15, -0.1) is 0 Å². The highest BCUT2D eigenvalue weighted by molar-refractivity contribution is 6.09. The highest BCUT2D eigenvalue weighted by Gasteiger charge is 2.12. The Kier molecular flexibility index (Phi) is 6.20. The van der Waals surface area contributed by atoms with Crippen LogP contribution >= 0.6 is 0 Å². The van der Waals surface area contributed by atoms with Gasteiger partial charge in [0.05, 0.1) is 11.0 Å². The van der Waals surface area contributed by atoms with Crippen molar-refractivity contribution in [1.29, 1.82) is 0 Å². The molecule has 1 heteroatoms. The van der Waals surface area contributed by atoms with Crippen molar-refractivity contribution in [2.45, 2.75) is 0 Å². The van der Waals surface area contributed by atoms with Gasteiger partial charge < -0.3 is 4.57 Å². The molecule has 0 amide bonds. The molecule has 0 unspecified atom stereocenters. The highest BCUT2D eigenvalue weighted by atomic mass is 15.0. The van der Waals surface area contributed by atoms with Crippen molar-refractivity contribution in [2.24, 2.45) is 0 Å². The van der Waals surface area contributed by atoms with Gasteiger partial charge in [0.25, 0.3) is 0 Å². The van der Waals surface area contributed by atoms with E-state index in [4.69, 9.17) is 0 Å². The van der Waals surface area contributed by atoms with Crippen LogP contribution in [0.5, 0.6) is 0 Å². The summed E-state index contributed by atoms with van der Waals surface area (Å²) in [6.45, 7) is 0. The predicted octanol–water partition coefficient (Wildman–Crippen LogP) is 11.5. The van der Waals surface area contributed by atoms with Crippen LogP contribution in [0, 0.1) is 0 Å². The number of hydrogen-bond acceptors (Lipinski definition) is 0. The topological polar surface area (TPSA) is 4.93 Å². The lowest BCUT2D eigenvalue weighted by Crippen LogP contribution is -1.93. The molecule has 0 N–H and O–H groups in total. The normalized spacial score (nSPS) is 11.3. The molecule has 0 spiro atoms. The van der Waals surface area contributed by atoms with E-state index in [0.717, 1.165) is 5.69 Å². The molecule has 0 fully saturated rings. The molecule has 8 aromatic rings. The van der Waals surface area contributed by atoms with Crippen LogP contribution in [0.15, 0.2) is 176 Å². The molecule has 1 aromatic heterocycles. The maximum Gasteiger partial charge on any atom is 0.0541 e. The molecule has 0 aliphatic carbocycles. The van der Waals surface area contributed by atoms with Gasteiger partial charge in [-0.1, -0.05) is 133 Å². The van der Waals surface area contributed by atoms with E-state index in [2.05, 4.69) is 180 Å². The first-order valence-corrected chi connectivity index (χ1v) is 14.8. The second kappa shape index (κ2) is 10.6. The van der Waals surface area contributed by atoms with Gasteiger partial charge in [0.15, 0.2) is 0 Å². The minimum absolute atomic E-state index is 1.16. The molecule has 0 radical (unpaired) electrons. The lowest BCUT2D eigenvalue weighted by Gasteiger charge is -2.13. The van der Waals surface area contributed by atoms with Crippen molar-refractivity contribution >= 4 is 21.8 Å². The lowest BCUT2D eigenvalue weighted by molar-refractivity contribution is 1.18. The lowest BCUT2D eigenvalue weighted by atomic mass is 9.92. The fraction of sp³-hybridized carbons (Fsp3) is 0. The summed E-state index contributed by atoms with van der Waals surface area (Å²) in [4.78, 5) is 0. The van der Waals surface area contributed by atoms with Gasteiger partial charge >= 0.3 is 0 Å². The Morgan fingerprint density at radius 2 is 0.581 bits per heavy atom. The average molecular weight is 548 g/mol. The summed E-state index contributed by atoms with van der Waals surface area (Å²) in [5, 5.41) is 2.56. The van der Waals surface area contributed by atoms with Crippen molar-refractivity contribution in [3.05, 3.63) is 176 Å². The summed E-state index contributed by atoms with van der Waals surface area (Å²) < 4.78 is 2.37. The summed E-state index contributed by atoms with van der Waals surface area (Å²) >= 11 is 0. The van der Waals surface area contributed by atoms with Crippen molar-refractivity contribution in [1.82, 2.24) is 4.57 Å². The van der Waals surface area contributed by atoms with Crippen molar-refractivity contribution in [3.63, 3.8) is 0 Å². The molecule has 7 aromatic carbocycles. The Hall–Kier alpha value is -5.66. The van der Waals surface area contributed by atoms with Gasteiger partial charge in [0.1, 0.15) is 0 Å². The fourth-order valence-electron chi connectivity index (χ4n) is 6.25. The van der Waals surface area contributed by atoms with Crippen molar-refractivity contribution in [3.8, 4) is 50.2 Å². The molecule has 0 aliphatic rings. The van der Waals surface area contributed by atoms with Gasteiger partial charge in [0, 0.05) is 16.5 Å². The number of benzene rings is 7. The zero-order chi connectivity index (χ0) is 28.6. The maximum absolute atomic E-state index is 2.37. The quantitative estimate of drug-likeness (QED) is 0.202. The Labute approximate surface area is 251 Å². The van der Waals surface area contributed by atoms with E-state index in [1.165, 1.54) is 66.3 Å². The van der Waals surface area contributed by atoms with Crippen molar-refractivity contribution < 1.29 is 0 Å². The Balaban J connectivity index is 1.22. The number of rotatable bonds is 5. The molecule has 0 saturated heterocycles. The van der Waals surface area contributed by atoms with Crippen LogP contribution in [0.4, 0.5) is 0 Å². The number of nitrogens with zero attached hydrogens (tertiary/aromatic N) is 1. The van der Waals surface area contributed by atoms with Gasteiger partial charge in [-0.3, -0.25) is 0 Å². The number of para-hydroxylation sites is 2. The molecule has 0 bridgehead atoms. The summed E-state index contributed by atoms with van der Waals surface area (Å²) in [5.41, 5.74) is 13.3. The molecule has 8 rings (SSSR count). The maximum atomic E-state index is 2.37. The standard InChI is InChI=1S/C42H29N/c1-3-11-30(12-4-1)32-19-21-33(22-20-32)36-27-35(31-13-5-2-6-14-31)28-37(29-36)34-23-25-38(26-24-34)43-41-17-9-7-15-39(41)40-16-8-10-18-42(40)43/h1-29H. The van der Waals surface area contributed by atoms with E-state index in [0.29, 0.717) is 0 Å². The Morgan fingerprint density at radius 3 is 1.05 bits per heavy atom. The Morgan fingerprint density at radius 1 is 0.256 bits per heavy atom. The van der Waals surface area contributed by atoms with E-state index >= 15 is 0 Å². The first-order valence-electron chi connectivity index (χ1n) is 14.8. The van der Waals surface area contributed by atoms with Crippen LogP contribution in [-0.4, -0.2) is 4.57 Å². The van der Waals surface area contributed by atoms with Gasteiger partial charge in [-0.25, -0.2) is 0 Å². The van der Waals surface area contributed by atoms with E-state index in [1.54, 1.807) is 0 Å². The molecule has 1 nitrogen and oxygen atoms in total. The zero-order valence-electron chi connectivity index (χ0n) is 23.7. The van der Waals surface area contributed by atoms with Crippen molar-refractivity contribution in [2.75, 3.05) is 0 Å². The van der Waals surface area contributed by atoms with E-state index in [9.17, 15) is 0 Å². The minimum Gasteiger partial charge on any atom is -0.309 e. The summed E-state index contributed by atoms with van der Waals surface area (Å²) in [6, 6.07) is 63.4. The first kappa shape index (κ1) is 25.1. The van der Waals surface area contributed by atoms with Gasteiger partial charge in [-0.05, 0) is 87.0 Å². The van der Waals surface area contributed by atoms with E-state index in [-0.39, 0.29) is 0 Å². The average Bonchev–Trinajstić information content (AvgIpc) is 3.43. The second-order valence-corrected chi connectivity index (χ2v) is 11.0. The predicted molar refractivity (Wildman–Crippen MR) is 183 cm³/mol. The van der Waals surface area contributed by atoms with Crippen LogP contribution in [0.1, 0.15) is 0 Å². The molecule has 202 valence electrons. The molecule has 0 atom stereocenters. The smallest absolute Gasteiger partial charge is 0.0541 e. The first-order chi connectivity index (χ1) is 21.3. The second-order valence-electron chi connectivity index (χ2n) is 11.0. The summed E-state index contributed by atoms with van der Waals surface area (Å²) in [6.07, 6.45) is 0. The Bertz CT molecular complexity index is 2130. The van der Waals surface area contributed by atoms with Crippen LogP contribution in [0.25, 0.3) is 72.0 Å². The third kappa shape index (κ3) is 4.62. The molecule has 0 saturated carbocycles. The monoisotopic (exact) mass is 547 g/mol. The largest absolute Gasteiger partial charge is 0.309 e. The van der Waals surface area contributed by atoms with Crippen LogP contribution in [-0.2, 0) is 0 Å². The number of aromatic nitrogens is 1. The van der Waals surface area contributed by atoms with Gasteiger partial charge in [0.2, 0.25) is 0 Å². The van der Waals surface area contributed by atoms with Gasteiger partial charge in [-0.2, -0.15) is 0 Å². The fourth-order valence-corrected chi connectivity index (χ4v) is 6.25. The third-order valence-electron chi connectivity index (χ3n) is 8.40. The summed E-state index contributed by atoms with van der Waals surface area (Å²) in [7, 11) is 0. The SMILES string of the molecule is c1ccc(-c2ccc(-c3cc(-c4ccccc4)cc(-c4ccc(-n5c6ccccc6c6ccccc65)cc4)c3)cc2)cc1. The van der Waals surface area contributed by atoms with Crippen LogP contribution < -0.4 is 0 Å². The van der Waals surface area contributed by atoms with Crippen LogP contribution in [0.3, 0.4) is 0 Å².